The summed E-state index contributed by atoms with van der Waals surface area (Å²) in [7, 11) is 0. The molecule has 19 heteroatoms. The Balaban J connectivity index is 1.91. The Labute approximate surface area is 362 Å². The molecule has 0 saturated carbocycles. The third-order valence-electron chi connectivity index (χ3n) is 9.81. The zero-order valence-corrected chi connectivity index (χ0v) is 36.7. The zero-order chi connectivity index (χ0) is 43.7. The van der Waals surface area contributed by atoms with Gasteiger partial charge in [-0.25, -0.2) is 4.98 Å². The minimum absolute atomic E-state index is 0.0892. The fourth-order valence-electron chi connectivity index (χ4n) is 6.53. The number of aromatic nitrogens is 2. The fraction of sp³-hybridized carbons (Fsp3) is 0.610. The summed E-state index contributed by atoms with van der Waals surface area (Å²) in [6, 6.07) is 2.14. The Morgan fingerprint density at radius 2 is 1.62 bits per heavy atom. The van der Waals surface area contributed by atoms with Crippen molar-refractivity contribution < 1.29 is 33.5 Å². The van der Waals surface area contributed by atoms with Gasteiger partial charge in [-0.2, -0.15) is 11.8 Å². The number of rotatable bonds is 21. The smallest absolute Gasteiger partial charge is 0.243 e. The van der Waals surface area contributed by atoms with Crippen LogP contribution in [0, 0.1) is 0 Å². The summed E-state index contributed by atoms with van der Waals surface area (Å²) in [4.78, 5) is 89.2. The van der Waals surface area contributed by atoms with E-state index in [0.29, 0.717) is 80.5 Å². The van der Waals surface area contributed by atoms with Gasteiger partial charge in [0.25, 0.3) is 0 Å². The van der Waals surface area contributed by atoms with E-state index in [9.17, 15) is 28.8 Å². The quantitative estimate of drug-likeness (QED) is 0.0637. The molecule has 0 spiro atoms. The van der Waals surface area contributed by atoms with Crippen molar-refractivity contribution in [3.63, 3.8) is 0 Å². The van der Waals surface area contributed by atoms with Gasteiger partial charge in [0, 0.05) is 44.7 Å². The second-order valence-electron chi connectivity index (χ2n) is 14.9. The number of ether oxygens (including phenoxy) is 1. The number of unbranched alkanes of at least 4 members (excludes halogenated alkanes) is 2. The second kappa shape index (κ2) is 27.9. The molecule has 0 radical (unpaired) electrons. The molecule has 1 aromatic heterocycles. The molecule has 4 rings (SSSR count). The minimum atomic E-state index is -1.12. The number of nitrogens with one attached hydrogen (secondary N) is 8. The first kappa shape index (κ1) is 49.6. The number of nitrogens with zero attached hydrogens (tertiary/aromatic N) is 1. The number of carbonyl (C=O) groups is 6. The molecule has 2 aromatic rings. The van der Waals surface area contributed by atoms with Crippen molar-refractivity contribution >= 4 is 64.4 Å². The van der Waals surface area contributed by atoms with Gasteiger partial charge in [-0.05, 0) is 107 Å². The summed E-state index contributed by atoms with van der Waals surface area (Å²) < 4.78 is 5.90. The molecule has 2 aliphatic rings. The van der Waals surface area contributed by atoms with Crippen LogP contribution in [-0.4, -0.2) is 119 Å². The highest BCUT2D eigenvalue weighted by atomic mass is 32.2. The third-order valence-corrected chi connectivity index (χ3v) is 10.6. The van der Waals surface area contributed by atoms with Crippen LogP contribution in [0.5, 0.6) is 5.75 Å². The van der Waals surface area contributed by atoms with Gasteiger partial charge in [-0.3, -0.25) is 28.8 Å². The summed E-state index contributed by atoms with van der Waals surface area (Å²) >= 11 is 6.69. The molecule has 1 aromatic carbocycles. The number of carbonyl (C=O) groups excluding carboxylic acids is 6. The number of hydrogen-bond acceptors (Lipinski definition) is 11. The Kier molecular flexibility index (Phi) is 23.1. The number of amides is 6. The average Bonchev–Trinajstić information content (AvgIpc) is 3.73. The largest absolute Gasteiger partial charge is 0.494 e. The van der Waals surface area contributed by atoms with Crippen LogP contribution in [0.25, 0.3) is 0 Å². The number of thioether (sulfide) groups is 1. The molecule has 3 heterocycles. The van der Waals surface area contributed by atoms with Crippen molar-refractivity contribution in [3.8, 4) is 5.75 Å². The van der Waals surface area contributed by atoms with Gasteiger partial charge in [0.2, 0.25) is 35.4 Å². The van der Waals surface area contributed by atoms with Crippen LogP contribution in [0.4, 0.5) is 0 Å². The average molecular weight is 873 g/mol. The van der Waals surface area contributed by atoms with Crippen LogP contribution in [0.2, 0.25) is 0 Å². The first-order valence-corrected chi connectivity index (χ1v) is 22.6. The molecular weight excluding hydrogens is 809 g/mol. The number of nitrogens with two attached hydrogens (primary N) is 1. The van der Waals surface area contributed by atoms with Gasteiger partial charge in [0.15, 0.2) is 0 Å². The maximum atomic E-state index is 14.3. The predicted octanol–water partition coefficient (Wildman–Crippen LogP) is 1.31. The van der Waals surface area contributed by atoms with Gasteiger partial charge in [0.05, 0.1) is 17.9 Å². The van der Waals surface area contributed by atoms with Crippen LogP contribution in [-0.2, 0) is 41.6 Å². The van der Waals surface area contributed by atoms with Gasteiger partial charge >= 0.3 is 0 Å². The lowest BCUT2D eigenvalue weighted by Crippen LogP contribution is -2.59. The van der Waals surface area contributed by atoms with E-state index in [1.807, 2.05) is 30.5 Å². The van der Waals surface area contributed by atoms with Gasteiger partial charge in [-0.15, -0.1) is 0 Å². The van der Waals surface area contributed by atoms with E-state index >= 15 is 0 Å². The van der Waals surface area contributed by atoms with Crippen molar-refractivity contribution in [2.24, 2.45) is 5.73 Å². The topological polar surface area (TPSA) is 251 Å². The molecule has 2 bridgehead atoms. The minimum Gasteiger partial charge on any atom is -0.494 e. The van der Waals surface area contributed by atoms with E-state index in [1.165, 1.54) is 19.4 Å². The molecule has 2 aliphatic heterocycles. The molecule has 6 amide bonds. The van der Waals surface area contributed by atoms with E-state index in [2.05, 4.69) is 47.2 Å². The highest BCUT2D eigenvalue weighted by Gasteiger charge is 2.32. The number of hydrogen-bond donors (Lipinski definition) is 9. The molecule has 0 fully saturated rings. The fourth-order valence-corrected chi connectivity index (χ4v) is 7.10. The summed E-state index contributed by atoms with van der Waals surface area (Å²) in [5.41, 5.74) is 7.10. The molecule has 17 nitrogen and oxygen atoms in total. The lowest BCUT2D eigenvalue weighted by Gasteiger charge is -2.27. The number of thiocarbonyl (C=S) groups is 1. The Morgan fingerprint density at radius 3 is 2.27 bits per heavy atom. The van der Waals surface area contributed by atoms with Gasteiger partial charge in [-0.1, -0.05) is 24.4 Å². The Morgan fingerprint density at radius 1 is 0.917 bits per heavy atom. The number of benzene rings is 1. The normalized spacial score (nSPS) is 17.7. The zero-order valence-electron chi connectivity index (χ0n) is 35.1. The number of fused-ring (bicyclic) bond motifs is 14. The predicted molar refractivity (Wildman–Crippen MR) is 236 cm³/mol. The lowest BCUT2D eigenvalue weighted by atomic mass is 10.0. The number of imidazole rings is 1. The number of aromatic amines is 1. The summed E-state index contributed by atoms with van der Waals surface area (Å²) in [5.74, 6) is -1.80. The Bertz CT molecular complexity index is 1670. The van der Waals surface area contributed by atoms with Crippen LogP contribution in [0.3, 0.4) is 0 Å². The Hall–Kier alpha value is -4.75. The molecule has 10 N–H and O–H groups in total. The van der Waals surface area contributed by atoms with Crippen molar-refractivity contribution in [1.82, 2.24) is 47.2 Å². The van der Waals surface area contributed by atoms with Crippen molar-refractivity contribution in [1.29, 1.82) is 0 Å². The van der Waals surface area contributed by atoms with Crippen molar-refractivity contribution in [2.75, 3.05) is 38.2 Å². The van der Waals surface area contributed by atoms with E-state index < -0.39 is 59.7 Å². The first-order valence-electron chi connectivity index (χ1n) is 20.8. The summed E-state index contributed by atoms with van der Waals surface area (Å²) in [6.07, 6.45) is 10.5. The maximum absolute atomic E-state index is 14.3. The van der Waals surface area contributed by atoms with E-state index in [-0.39, 0.29) is 31.6 Å². The molecule has 60 heavy (non-hydrogen) atoms. The molecule has 0 unspecified atom stereocenters. The van der Waals surface area contributed by atoms with Crippen molar-refractivity contribution in [3.05, 3.63) is 48.0 Å². The third kappa shape index (κ3) is 19.1. The monoisotopic (exact) mass is 872 g/mol. The summed E-state index contributed by atoms with van der Waals surface area (Å²) in [6.45, 7) is 4.97. The van der Waals surface area contributed by atoms with E-state index in [4.69, 9.17) is 22.7 Å². The van der Waals surface area contributed by atoms with Crippen LogP contribution in [0.1, 0.15) is 89.3 Å². The van der Waals surface area contributed by atoms with Crippen LogP contribution >= 0.6 is 24.0 Å². The van der Waals surface area contributed by atoms with Crippen LogP contribution < -0.4 is 47.7 Å². The highest BCUT2D eigenvalue weighted by molar-refractivity contribution is 7.98. The molecular formula is C41H64N10O7S2. The second-order valence-corrected chi connectivity index (χ2v) is 16.5. The molecule has 0 saturated heterocycles. The number of H-pyrrole nitrogens is 1. The molecule has 0 aliphatic carbocycles. The molecule has 332 valence electrons. The first-order chi connectivity index (χ1) is 28.9. The molecule has 5 atom stereocenters. The summed E-state index contributed by atoms with van der Waals surface area (Å²) in [5, 5.41) is 20.1. The van der Waals surface area contributed by atoms with Crippen LogP contribution in [0.15, 0.2) is 36.8 Å². The van der Waals surface area contributed by atoms with E-state index in [0.717, 1.165) is 24.8 Å². The van der Waals surface area contributed by atoms with Gasteiger partial charge in [0.1, 0.15) is 36.0 Å². The maximum Gasteiger partial charge on any atom is 0.243 e. The standard InChI is InChI=1S/C41H64N10O7S2/c1-27(52)47-36(24-30-25-43-26-46-30)41(57)49-32(11-5-7-18-42)38(54)48-33(12-6-9-19-44-28(2)59)39(55)51-35-23-29-13-15-31(16-14-29)58-21-10-4-8-20-45-37(53)34(17-22-60-3)50-40(35)56/h13-16,25-26,32-36H,4-12,17-24,42H2,1-3H3,(H,43,46)(H,44,59)(H,45,53)(H,47,52)(H,48,54)(H,49,57)(H,50,56)(H,51,55)/t32-,33-,34-,35-,36-/m0/s1. The SMILES string of the molecule is CSCC[C@@H]1NC(=O)[C@@H](NC(=O)[C@H](CCCCNC(C)=S)NC(=O)[C@H](CCCCN)NC(=O)[C@H](Cc2cnc[nH]2)NC(C)=O)Cc2ccc(cc2)OCCCCCNC1=O. The van der Waals surface area contributed by atoms with Gasteiger partial charge < -0.3 is 52.7 Å². The highest BCUT2D eigenvalue weighted by Crippen LogP contribution is 2.16. The lowest BCUT2D eigenvalue weighted by molar-refractivity contribution is -0.135. The van der Waals surface area contributed by atoms with Crippen molar-refractivity contribution in [2.45, 2.75) is 121 Å². The van der Waals surface area contributed by atoms with E-state index in [1.54, 1.807) is 18.7 Å².